The molecule has 0 atom stereocenters. The Hall–Kier alpha value is -2.34. The Bertz CT molecular complexity index is 865. The van der Waals surface area contributed by atoms with Crippen molar-refractivity contribution in [2.75, 3.05) is 6.61 Å². The second kappa shape index (κ2) is 4.89. The maximum atomic E-state index is 12.0. The summed E-state index contributed by atoms with van der Waals surface area (Å²) in [5, 5.41) is 1.79. The molecule has 1 heterocycles. The summed E-state index contributed by atoms with van der Waals surface area (Å²) in [7, 11) is -4.14. The topological polar surface area (TPSA) is 69.7 Å². The number of hydrogen-bond acceptors (Lipinski definition) is 5. The van der Waals surface area contributed by atoms with E-state index < -0.39 is 21.0 Å². The first kappa shape index (κ1) is 13.6. The van der Waals surface area contributed by atoms with Crippen LogP contribution in [0.1, 0.15) is 12.5 Å². The Kier molecular flexibility index (Phi) is 3.17. The van der Waals surface area contributed by atoms with Crippen molar-refractivity contribution in [1.29, 1.82) is 0 Å². The quantitative estimate of drug-likeness (QED) is 0.629. The molecule has 5 nitrogen and oxygen atoms in total. The van der Waals surface area contributed by atoms with E-state index in [4.69, 9.17) is 8.92 Å². The minimum atomic E-state index is -4.14. The maximum Gasteiger partial charge on any atom is 0.353 e. The fraction of sp³-hybridized carbons (Fsp3) is 0.133. The molecule has 1 aliphatic rings. The second-order valence-corrected chi connectivity index (χ2v) is 6.02. The zero-order valence-corrected chi connectivity index (χ0v) is 12.0. The molecule has 0 aliphatic carbocycles. The molecular formula is C15H12O5S. The van der Waals surface area contributed by atoms with E-state index in [1.54, 1.807) is 19.1 Å². The first-order chi connectivity index (χ1) is 10.0. The fourth-order valence-corrected chi connectivity index (χ4v) is 3.17. The summed E-state index contributed by atoms with van der Waals surface area (Å²) in [5.74, 6) is -0.696. The van der Waals surface area contributed by atoms with Crippen LogP contribution < -0.4 is 4.18 Å². The molecule has 6 heteroatoms. The van der Waals surface area contributed by atoms with Crippen LogP contribution in [0.3, 0.4) is 0 Å². The van der Waals surface area contributed by atoms with Crippen LogP contribution in [0.25, 0.3) is 16.8 Å². The Morgan fingerprint density at radius 3 is 2.52 bits per heavy atom. The van der Waals surface area contributed by atoms with Crippen molar-refractivity contribution in [3.05, 3.63) is 46.9 Å². The average molecular weight is 304 g/mol. The van der Waals surface area contributed by atoms with Crippen molar-refractivity contribution in [2.24, 2.45) is 0 Å². The Morgan fingerprint density at radius 1 is 1.19 bits per heavy atom. The van der Waals surface area contributed by atoms with E-state index in [1.165, 1.54) is 6.08 Å². The number of benzene rings is 2. The monoisotopic (exact) mass is 304 g/mol. The van der Waals surface area contributed by atoms with Gasteiger partial charge in [-0.2, -0.15) is 8.42 Å². The molecule has 0 radical (unpaired) electrons. The molecule has 0 unspecified atom stereocenters. The van der Waals surface area contributed by atoms with Crippen LogP contribution in [-0.2, 0) is 19.6 Å². The van der Waals surface area contributed by atoms with E-state index in [0.29, 0.717) is 5.56 Å². The van der Waals surface area contributed by atoms with Gasteiger partial charge in [0.1, 0.15) is 0 Å². The molecule has 21 heavy (non-hydrogen) atoms. The molecule has 0 saturated heterocycles. The Labute approximate surface area is 121 Å². The number of fused-ring (bicyclic) bond motifs is 2. The second-order valence-electron chi connectivity index (χ2n) is 4.50. The van der Waals surface area contributed by atoms with Crippen LogP contribution in [0.15, 0.2) is 41.3 Å². The third-order valence-corrected chi connectivity index (χ3v) is 4.33. The van der Waals surface area contributed by atoms with Gasteiger partial charge in [0.05, 0.1) is 6.61 Å². The zero-order valence-electron chi connectivity index (χ0n) is 11.2. The van der Waals surface area contributed by atoms with E-state index in [1.807, 2.05) is 24.3 Å². The lowest BCUT2D eigenvalue weighted by molar-refractivity contribution is -0.137. The SMILES string of the molecule is CCOC(=O)C1=Cc2cc3ccccc3cc2OS1(=O)=O. The van der Waals surface area contributed by atoms with E-state index in [0.717, 1.165) is 10.8 Å². The number of hydrogen-bond donors (Lipinski definition) is 0. The molecule has 0 aromatic heterocycles. The van der Waals surface area contributed by atoms with E-state index in [9.17, 15) is 13.2 Å². The number of ether oxygens (including phenoxy) is 1. The van der Waals surface area contributed by atoms with Crippen molar-refractivity contribution >= 4 is 32.9 Å². The van der Waals surface area contributed by atoms with Crippen LogP contribution in [0.5, 0.6) is 5.75 Å². The maximum absolute atomic E-state index is 12.0. The third-order valence-electron chi connectivity index (χ3n) is 3.11. The number of carbonyl (C=O) groups is 1. The van der Waals surface area contributed by atoms with Gasteiger partial charge in [0.15, 0.2) is 10.7 Å². The number of rotatable bonds is 2. The summed E-state index contributed by atoms with van der Waals surface area (Å²) in [6.07, 6.45) is 1.29. The molecular weight excluding hydrogens is 292 g/mol. The predicted octanol–water partition coefficient (Wildman–Crippen LogP) is 2.47. The van der Waals surface area contributed by atoms with Gasteiger partial charge < -0.3 is 8.92 Å². The summed E-state index contributed by atoms with van der Waals surface area (Å²) < 4.78 is 33.8. The van der Waals surface area contributed by atoms with Gasteiger partial charge in [0.25, 0.3) is 0 Å². The summed E-state index contributed by atoms with van der Waals surface area (Å²) >= 11 is 0. The van der Waals surface area contributed by atoms with Gasteiger partial charge in [-0.15, -0.1) is 0 Å². The van der Waals surface area contributed by atoms with Crippen molar-refractivity contribution in [2.45, 2.75) is 6.92 Å². The Morgan fingerprint density at radius 2 is 1.86 bits per heavy atom. The normalized spacial score (nSPS) is 15.8. The van der Waals surface area contributed by atoms with Gasteiger partial charge >= 0.3 is 16.1 Å². The minimum Gasteiger partial charge on any atom is -0.462 e. The predicted molar refractivity (Wildman–Crippen MR) is 78.1 cm³/mol. The molecule has 2 aromatic carbocycles. The lowest BCUT2D eigenvalue weighted by Crippen LogP contribution is -2.23. The highest BCUT2D eigenvalue weighted by Crippen LogP contribution is 2.34. The van der Waals surface area contributed by atoms with E-state index in [2.05, 4.69) is 0 Å². The fourth-order valence-electron chi connectivity index (χ4n) is 2.16. The van der Waals surface area contributed by atoms with Gasteiger partial charge in [0.2, 0.25) is 0 Å². The van der Waals surface area contributed by atoms with Gasteiger partial charge in [-0.05, 0) is 35.9 Å². The van der Waals surface area contributed by atoms with Gasteiger partial charge in [-0.1, -0.05) is 24.3 Å². The molecule has 0 amide bonds. The number of esters is 1. The first-order valence-corrected chi connectivity index (χ1v) is 7.78. The van der Waals surface area contributed by atoms with Crippen LogP contribution in [0, 0.1) is 0 Å². The van der Waals surface area contributed by atoms with Crippen molar-refractivity contribution in [3.63, 3.8) is 0 Å². The highest BCUT2D eigenvalue weighted by atomic mass is 32.2. The molecule has 2 aromatic rings. The molecule has 108 valence electrons. The highest BCUT2D eigenvalue weighted by Gasteiger charge is 2.33. The average Bonchev–Trinajstić information content (AvgIpc) is 2.44. The van der Waals surface area contributed by atoms with E-state index in [-0.39, 0.29) is 12.4 Å². The summed E-state index contributed by atoms with van der Waals surface area (Å²) in [4.78, 5) is 11.3. The van der Waals surface area contributed by atoms with Crippen molar-refractivity contribution in [1.82, 2.24) is 0 Å². The summed E-state index contributed by atoms with van der Waals surface area (Å²) in [6, 6.07) is 10.9. The van der Waals surface area contributed by atoms with Crippen molar-refractivity contribution in [3.8, 4) is 5.75 Å². The zero-order chi connectivity index (χ0) is 15.0. The van der Waals surface area contributed by atoms with Crippen LogP contribution in [0.2, 0.25) is 0 Å². The molecule has 0 N–H and O–H groups in total. The minimum absolute atomic E-state index is 0.0935. The van der Waals surface area contributed by atoms with Gasteiger partial charge in [-0.3, -0.25) is 0 Å². The largest absolute Gasteiger partial charge is 0.462 e. The summed E-state index contributed by atoms with van der Waals surface area (Å²) in [5.41, 5.74) is 0.534. The standard InChI is InChI=1S/C15H12O5S/c1-2-19-15(16)14-9-12-7-10-5-3-4-6-11(10)8-13(12)20-21(14,17)18/h3-9H,2H2,1H3. The van der Waals surface area contributed by atoms with Crippen LogP contribution in [-0.4, -0.2) is 21.0 Å². The molecule has 1 aliphatic heterocycles. The smallest absolute Gasteiger partial charge is 0.353 e. The molecule has 0 fully saturated rings. The summed E-state index contributed by atoms with van der Waals surface area (Å²) in [6.45, 7) is 1.70. The third kappa shape index (κ3) is 2.38. The molecule has 0 saturated carbocycles. The van der Waals surface area contributed by atoms with Crippen LogP contribution in [0.4, 0.5) is 0 Å². The van der Waals surface area contributed by atoms with Gasteiger partial charge in [0, 0.05) is 5.56 Å². The molecule has 3 rings (SSSR count). The Balaban J connectivity index is 2.19. The lowest BCUT2D eigenvalue weighted by Gasteiger charge is -2.17. The van der Waals surface area contributed by atoms with Crippen molar-refractivity contribution < 1.29 is 22.1 Å². The van der Waals surface area contributed by atoms with Crippen LogP contribution >= 0.6 is 0 Å². The van der Waals surface area contributed by atoms with Gasteiger partial charge in [-0.25, -0.2) is 4.79 Å². The highest BCUT2D eigenvalue weighted by molar-refractivity contribution is 7.92. The molecule has 0 spiro atoms. The lowest BCUT2D eigenvalue weighted by atomic mass is 10.1. The van der Waals surface area contributed by atoms with E-state index >= 15 is 0 Å². The molecule has 0 bridgehead atoms. The number of carbonyl (C=O) groups excluding carboxylic acids is 1. The first-order valence-electron chi connectivity index (χ1n) is 6.37.